The molecule has 0 aliphatic carbocycles. The Labute approximate surface area is 201 Å². The van der Waals surface area contributed by atoms with Crippen LogP contribution in [0.25, 0.3) is 11.0 Å². The first-order chi connectivity index (χ1) is 17.0. The highest BCUT2D eigenvalue weighted by molar-refractivity contribution is 5.83. The number of para-hydroxylation sites is 2. The molecule has 0 bridgehead atoms. The molecule has 7 nitrogen and oxygen atoms in total. The van der Waals surface area contributed by atoms with Gasteiger partial charge in [0, 0.05) is 38.4 Å². The van der Waals surface area contributed by atoms with E-state index in [4.69, 9.17) is 13.9 Å². The van der Waals surface area contributed by atoms with E-state index in [1.54, 1.807) is 36.4 Å². The van der Waals surface area contributed by atoms with Crippen LogP contribution in [0.5, 0.6) is 23.0 Å². The van der Waals surface area contributed by atoms with Crippen LogP contribution in [0.1, 0.15) is 5.56 Å². The third-order valence-corrected chi connectivity index (χ3v) is 6.22. The molecule has 1 aliphatic heterocycles. The standard InChI is InChI=1S/C27H25FN2O5/c1-33-23-4-2-3-5-24(23)35-25-17-34-27-20(26(25)32)10-11-22(31)21(27)16-29-12-14-30(15-13-29)19-8-6-18(28)7-9-19/h2-11,17,31H,12-16H2,1H3. The molecule has 1 saturated heterocycles. The van der Waals surface area contributed by atoms with Crippen molar-refractivity contribution in [2.24, 2.45) is 0 Å². The van der Waals surface area contributed by atoms with Gasteiger partial charge in [-0.2, -0.15) is 0 Å². The molecule has 35 heavy (non-hydrogen) atoms. The van der Waals surface area contributed by atoms with E-state index in [1.165, 1.54) is 31.6 Å². The zero-order valence-electron chi connectivity index (χ0n) is 19.2. The van der Waals surface area contributed by atoms with Gasteiger partial charge in [0.05, 0.1) is 18.1 Å². The van der Waals surface area contributed by atoms with E-state index in [-0.39, 0.29) is 22.7 Å². The molecule has 1 fully saturated rings. The summed E-state index contributed by atoms with van der Waals surface area (Å²) in [5, 5.41) is 10.9. The molecular formula is C27H25FN2O5. The molecule has 0 spiro atoms. The fourth-order valence-electron chi connectivity index (χ4n) is 4.31. The Morgan fingerprint density at radius 3 is 2.37 bits per heavy atom. The average Bonchev–Trinajstić information content (AvgIpc) is 2.88. The second kappa shape index (κ2) is 9.68. The van der Waals surface area contributed by atoms with Crippen LogP contribution in [0.3, 0.4) is 0 Å². The highest BCUT2D eigenvalue weighted by atomic mass is 19.1. The first-order valence-electron chi connectivity index (χ1n) is 11.3. The van der Waals surface area contributed by atoms with Gasteiger partial charge in [0.15, 0.2) is 11.5 Å². The zero-order valence-corrected chi connectivity index (χ0v) is 19.2. The lowest BCUT2D eigenvalue weighted by atomic mass is 10.1. The third-order valence-electron chi connectivity index (χ3n) is 6.22. The smallest absolute Gasteiger partial charge is 0.235 e. The molecular weight excluding hydrogens is 451 g/mol. The van der Waals surface area contributed by atoms with Gasteiger partial charge in [-0.15, -0.1) is 0 Å². The minimum atomic E-state index is -0.334. The van der Waals surface area contributed by atoms with Crippen molar-refractivity contribution in [3.05, 3.63) is 88.5 Å². The summed E-state index contributed by atoms with van der Waals surface area (Å²) in [6, 6.07) is 16.6. The van der Waals surface area contributed by atoms with Gasteiger partial charge >= 0.3 is 0 Å². The van der Waals surface area contributed by atoms with Gasteiger partial charge in [-0.3, -0.25) is 9.69 Å². The SMILES string of the molecule is COc1ccccc1Oc1coc2c(CN3CCN(c4ccc(F)cc4)CC3)c(O)ccc2c1=O. The van der Waals surface area contributed by atoms with Gasteiger partial charge in [-0.05, 0) is 48.5 Å². The minimum absolute atomic E-state index is 0.0338. The Kier molecular flexibility index (Phi) is 6.29. The lowest BCUT2D eigenvalue weighted by Crippen LogP contribution is -2.46. The van der Waals surface area contributed by atoms with Crippen LogP contribution >= 0.6 is 0 Å². The van der Waals surface area contributed by atoms with Gasteiger partial charge < -0.3 is 23.9 Å². The molecule has 2 heterocycles. The van der Waals surface area contributed by atoms with E-state index < -0.39 is 0 Å². The maximum Gasteiger partial charge on any atom is 0.235 e. The molecule has 1 N–H and O–H groups in total. The number of anilines is 1. The van der Waals surface area contributed by atoms with Crippen LogP contribution < -0.4 is 19.8 Å². The van der Waals surface area contributed by atoms with E-state index in [9.17, 15) is 14.3 Å². The molecule has 4 aromatic rings. The number of benzene rings is 3. The maximum absolute atomic E-state index is 13.2. The van der Waals surface area contributed by atoms with Crippen molar-refractivity contribution < 1.29 is 23.4 Å². The van der Waals surface area contributed by atoms with Crippen LogP contribution in [0.15, 0.2) is 76.1 Å². The molecule has 0 radical (unpaired) electrons. The second-order valence-corrected chi connectivity index (χ2v) is 8.36. The van der Waals surface area contributed by atoms with Crippen molar-refractivity contribution >= 4 is 16.7 Å². The highest BCUT2D eigenvalue weighted by Gasteiger charge is 2.22. The zero-order chi connectivity index (χ0) is 24.4. The molecule has 5 rings (SSSR count). The number of halogens is 1. The molecule has 1 aliphatic rings. The summed E-state index contributed by atoms with van der Waals surface area (Å²) in [6.45, 7) is 3.44. The summed E-state index contributed by atoms with van der Waals surface area (Å²) >= 11 is 0. The summed E-state index contributed by atoms with van der Waals surface area (Å²) in [4.78, 5) is 17.5. The highest BCUT2D eigenvalue weighted by Crippen LogP contribution is 2.33. The fourth-order valence-corrected chi connectivity index (χ4v) is 4.31. The Bertz CT molecular complexity index is 1400. The van der Waals surface area contributed by atoms with E-state index in [1.807, 2.05) is 6.07 Å². The number of nitrogens with zero attached hydrogens (tertiary/aromatic N) is 2. The van der Waals surface area contributed by atoms with Crippen molar-refractivity contribution in [2.75, 3.05) is 38.2 Å². The summed E-state index contributed by atoms with van der Waals surface area (Å²) < 4.78 is 30.1. The molecule has 180 valence electrons. The number of piperazine rings is 1. The van der Waals surface area contributed by atoms with E-state index in [2.05, 4.69) is 9.80 Å². The average molecular weight is 477 g/mol. The number of ether oxygens (including phenoxy) is 2. The van der Waals surface area contributed by atoms with Crippen molar-refractivity contribution in [2.45, 2.75) is 6.54 Å². The maximum atomic E-state index is 13.2. The number of phenolic OH excluding ortho intramolecular Hbond substituents is 1. The van der Waals surface area contributed by atoms with Crippen molar-refractivity contribution in [1.29, 1.82) is 0 Å². The lowest BCUT2D eigenvalue weighted by molar-refractivity contribution is 0.246. The van der Waals surface area contributed by atoms with Crippen LogP contribution in [0, 0.1) is 5.82 Å². The quantitative estimate of drug-likeness (QED) is 0.430. The van der Waals surface area contributed by atoms with E-state index in [0.29, 0.717) is 34.6 Å². The number of hydrogen-bond donors (Lipinski definition) is 1. The van der Waals surface area contributed by atoms with Crippen molar-refractivity contribution in [3.63, 3.8) is 0 Å². The number of rotatable bonds is 6. The summed E-state index contributed by atoms with van der Waals surface area (Å²) in [6.07, 6.45) is 1.27. The van der Waals surface area contributed by atoms with Crippen LogP contribution in [-0.2, 0) is 6.54 Å². The normalized spacial score (nSPS) is 14.3. The molecule has 3 aromatic carbocycles. The van der Waals surface area contributed by atoms with Gasteiger partial charge in [0.2, 0.25) is 11.2 Å². The number of aromatic hydroxyl groups is 1. The van der Waals surface area contributed by atoms with Gasteiger partial charge in [0.1, 0.15) is 23.4 Å². The summed E-state index contributed by atoms with van der Waals surface area (Å²) in [5.41, 5.74) is 1.54. The third kappa shape index (κ3) is 4.65. The molecule has 1 aromatic heterocycles. The van der Waals surface area contributed by atoms with Gasteiger partial charge in [-0.1, -0.05) is 12.1 Å². The number of methoxy groups -OCH3 is 1. The van der Waals surface area contributed by atoms with Crippen molar-refractivity contribution in [3.8, 4) is 23.0 Å². The number of phenols is 1. The van der Waals surface area contributed by atoms with Gasteiger partial charge in [-0.25, -0.2) is 4.39 Å². The van der Waals surface area contributed by atoms with Crippen LogP contribution in [0.4, 0.5) is 10.1 Å². The predicted octanol–water partition coefficient (Wildman–Crippen LogP) is 4.76. The molecule has 8 heteroatoms. The molecule has 0 amide bonds. The monoisotopic (exact) mass is 476 g/mol. The largest absolute Gasteiger partial charge is 0.507 e. The number of fused-ring (bicyclic) bond motifs is 1. The lowest BCUT2D eigenvalue weighted by Gasteiger charge is -2.36. The molecule has 0 atom stereocenters. The fraction of sp³-hybridized carbons (Fsp3) is 0.222. The Balaban J connectivity index is 1.36. The molecule has 0 unspecified atom stereocenters. The van der Waals surface area contributed by atoms with E-state index >= 15 is 0 Å². The summed E-state index contributed by atoms with van der Waals surface area (Å²) in [5.74, 6) is 0.751. The first-order valence-corrected chi connectivity index (χ1v) is 11.3. The topological polar surface area (TPSA) is 75.4 Å². The van der Waals surface area contributed by atoms with E-state index in [0.717, 1.165) is 31.9 Å². The Hall–Kier alpha value is -4.04. The van der Waals surface area contributed by atoms with Crippen LogP contribution in [0.2, 0.25) is 0 Å². The van der Waals surface area contributed by atoms with Crippen molar-refractivity contribution in [1.82, 2.24) is 4.90 Å². The Morgan fingerprint density at radius 1 is 0.943 bits per heavy atom. The summed E-state index contributed by atoms with van der Waals surface area (Å²) in [7, 11) is 1.53. The Morgan fingerprint density at radius 2 is 1.66 bits per heavy atom. The minimum Gasteiger partial charge on any atom is -0.507 e. The number of hydrogen-bond acceptors (Lipinski definition) is 7. The van der Waals surface area contributed by atoms with Crippen LogP contribution in [-0.4, -0.2) is 43.3 Å². The predicted molar refractivity (Wildman–Crippen MR) is 131 cm³/mol. The van der Waals surface area contributed by atoms with Gasteiger partial charge in [0.25, 0.3) is 0 Å². The molecule has 0 saturated carbocycles. The first kappa shape index (κ1) is 22.7. The second-order valence-electron chi connectivity index (χ2n) is 8.36.